The predicted octanol–water partition coefficient (Wildman–Crippen LogP) is 1.67. The minimum Gasteiger partial charge on any atom is -0.394 e. The number of amides is 1. The summed E-state index contributed by atoms with van der Waals surface area (Å²) in [6.07, 6.45) is 3.68. The molecule has 0 aromatic carbocycles. The van der Waals surface area contributed by atoms with Crippen molar-refractivity contribution < 1.29 is 9.90 Å². The maximum Gasteiger partial charge on any atom is 0.244 e. The molecule has 19 heavy (non-hydrogen) atoms. The first-order valence-corrected chi connectivity index (χ1v) is 6.51. The largest absolute Gasteiger partial charge is 0.394 e. The van der Waals surface area contributed by atoms with Gasteiger partial charge in [-0.2, -0.15) is 5.10 Å². The first kappa shape index (κ1) is 15.7. The molecule has 0 bridgehead atoms. The van der Waals surface area contributed by atoms with Gasteiger partial charge in [0.1, 0.15) is 5.15 Å². The second-order valence-corrected chi connectivity index (χ2v) is 5.17. The minimum atomic E-state index is -0.602. The van der Waals surface area contributed by atoms with Crippen molar-refractivity contribution in [3.63, 3.8) is 0 Å². The topological polar surface area (TPSA) is 67.2 Å². The Labute approximate surface area is 118 Å². The molecule has 106 valence electrons. The van der Waals surface area contributed by atoms with Crippen molar-refractivity contribution in [1.29, 1.82) is 0 Å². The number of hydrogen-bond donors (Lipinski definition) is 2. The Balaban J connectivity index is 2.79. The summed E-state index contributed by atoms with van der Waals surface area (Å²) in [6.45, 7) is 5.42. The summed E-state index contributed by atoms with van der Waals surface area (Å²) in [7, 11) is 1.74. The van der Waals surface area contributed by atoms with E-state index >= 15 is 0 Å². The lowest BCUT2D eigenvalue weighted by Crippen LogP contribution is -2.47. The molecule has 1 amide bonds. The summed E-state index contributed by atoms with van der Waals surface area (Å²) < 4.78 is 1.55. The summed E-state index contributed by atoms with van der Waals surface area (Å²) in [6, 6.07) is 0. The van der Waals surface area contributed by atoms with Crippen molar-refractivity contribution in [2.24, 2.45) is 7.05 Å². The zero-order valence-electron chi connectivity index (χ0n) is 11.7. The van der Waals surface area contributed by atoms with E-state index < -0.39 is 5.54 Å². The number of carbonyl (C=O) groups excluding carboxylic acids is 1. The van der Waals surface area contributed by atoms with Crippen molar-refractivity contribution in [2.75, 3.05) is 6.61 Å². The molecule has 0 radical (unpaired) electrons. The van der Waals surface area contributed by atoms with Gasteiger partial charge in [-0.25, -0.2) is 0 Å². The third kappa shape index (κ3) is 3.81. The minimum absolute atomic E-state index is 0.101. The molecule has 2 N–H and O–H groups in total. The molecule has 1 aromatic heterocycles. The van der Waals surface area contributed by atoms with E-state index in [4.69, 9.17) is 11.6 Å². The molecule has 1 heterocycles. The van der Waals surface area contributed by atoms with Gasteiger partial charge in [-0.15, -0.1) is 0 Å². The van der Waals surface area contributed by atoms with Gasteiger partial charge >= 0.3 is 0 Å². The number of rotatable bonds is 5. The van der Waals surface area contributed by atoms with Crippen LogP contribution in [-0.2, 0) is 11.8 Å². The molecule has 0 aliphatic rings. The van der Waals surface area contributed by atoms with Crippen LogP contribution in [0.25, 0.3) is 6.08 Å². The number of aryl methyl sites for hydroxylation is 2. The van der Waals surface area contributed by atoms with Crippen LogP contribution in [0.2, 0.25) is 5.15 Å². The lowest BCUT2D eigenvalue weighted by atomic mass is 10.0. The molecule has 1 rings (SSSR count). The highest BCUT2D eigenvalue weighted by molar-refractivity contribution is 6.31. The first-order valence-electron chi connectivity index (χ1n) is 6.13. The van der Waals surface area contributed by atoms with Gasteiger partial charge in [-0.1, -0.05) is 18.5 Å². The zero-order valence-corrected chi connectivity index (χ0v) is 12.5. The molecule has 1 unspecified atom stereocenters. The highest BCUT2D eigenvalue weighted by Crippen LogP contribution is 2.20. The van der Waals surface area contributed by atoms with Crippen molar-refractivity contribution >= 4 is 23.6 Å². The molecule has 1 aromatic rings. The van der Waals surface area contributed by atoms with E-state index in [2.05, 4.69) is 10.4 Å². The maximum absolute atomic E-state index is 11.8. The van der Waals surface area contributed by atoms with Crippen molar-refractivity contribution in [2.45, 2.75) is 32.7 Å². The Bertz CT molecular complexity index is 490. The van der Waals surface area contributed by atoms with Gasteiger partial charge in [0.25, 0.3) is 0 Å². The average molecular weight is 286 g/mol. The monoisotopic (exact) mass is 285 g/mol. The van der Waals surface area contributed by atoms with Gasteiger partial charge in [0.15, 0.2) is 0 Å². The predicted molar refractivity (Wildman–Crippen MR) is 75.9 cm³/mol. The quantitative estimate of drug-likeness (QED) is 0.809. The molecule has 1 atom stereocenters. The molecule has 0 saturated heterocycles. The van der Waals surface area contributed by atoms with E-state index in [-0.39, 0.29) is 12.5 Å². The van der Waals surface area contributed by atoms with Crippen molar-refractivity contribution in [1.82, 2.24) is 15.1 Å². The average Bonchev–Trinajstić information content (AvgIpc) is 2.61. The fourth-order valence-corrected chi connectivity index (χ4v) is 1.81. The number of halogens is 1. The third-order valence-electron chi connectivity index (χ3n) is 3.15. The number of carbonyl (C=O) groups is 1. The van der Waals surface area contributed by atoms with Gasteiger partial charge in [-0.05, 0) is 26.3 Å². The smallest absolute Gasteiger partial charge is 0.244 e. The Morgan fingerprint density at radius 2 is 2.26 bits per heavy atom. The van der Waals surface area contributed by atoms with Gasteiger partial charge in [-0.3, -0.25) is 9.48 Å². The molecule has 0 fully saturated rings. The second kappa shape index (κ2) is 6.21. The normalized spacial score (nSPS) is 14.6. The third-order valence-corrected chi connectivity index (χ3v) is 3.60. The number of aliphatic hydroxyl groups is 1. The summed E-state index contributed by atoms with van der Waals surface area (Å²) in [5.74, 6) is -0.266. The molecule has 0 aliphatic carbocycles. The van der Waals surface area contributed by atoms with E-state index in [1.165, 1.54) is 6.08 Å². The van der Waals surface area contributed by atoms with Crippen LogP contribution in [-0.4, -0.2) is 32.9 Å². The number of aromatic nitrogens is 2. The Morgan fingerprint density at radius 3 is 2.68 bits per heavy atom. The molecule has 6 heteroatoms. The molecule has 5 nitrogen and oxygen atoms in total. The fourth-order valence-electron chi connectivity index (χ4n) is 1.57. The van der Waals surface area contributed by atoms with Gasteiger partial charge in [0.2, 0.25) is 5.91 Å². The molecular formula is C13H20ClN3O2. The van der Waals surface area contributed by atoms with E-state index in [1.54, 1.807) is 24.7 Å². The highest BCUT2D eigenvalue weighted by atomic mass is 35.5. The maximum atomic E-state index is 11.8. The highest BCUT2D eigenvalue weighted by Gasteiger charge is 2.22. The van der Waals surface area contributed by atoms with Crippen molar-refractivity contribution in [3.05, 3.63) is 22.5 Å². The van der Waals surface area contributed by atoms with Crippen LogP contribution in [0, 0.1) is 6.92 Å². The summed E-state index contributed by atoms with van der Waals surface area (Å²) >= 11 is 6.06. The SMILES string of the molecule is CCC(C)(CO)NC(=O)C=Cc1c(C)nn(C)c1Cl. The van der Waals surface area contributed by atoms with Gasteiger partial charge < -0.3 is 10.4 Å². The number of nitrogens with zero attached hydrogens (tertiary/aromatic N) is 2. The summed E-state index contributed by atoms with van der Waals surface area (Å²) in [5.41, 5.74) is 0.883. The lowest BCUT2D eigenvalue weighted by molar-refractivity contribution is -0.118. The zero-order chi connectivity index (χ0) is 14.6. The number of aliphatic hydroxyl groups excluding tert-OH is 1. The number of nitrogens with one attached hydrogen (secondary N) is 1. The van der Waals surface area contributed by atoms with Crippen LogP contribution in [0.15, 0.2) is 6.08 Å². The first-order chi connectivity index (χ1) is 8.83. The Hall–Kier alpha value is -1.33. The van der Waals surface area contributed by atoms with Crippen LogP contribution < -0.4 is 5.32 Å². The van der Waals surface area contributed by atoms with Crippen molar-refractivity contribution in [3.8, 4) is 0 Å². The summed E-state index contributed by atoms with van der Waals surface area (Å²) in [5, 5.41) is 16.6. The van der Waals surface area contributed by atoms with Gasteiger partial charge in [0, 0.05) is 18.7 Å². The fraction of sp³-hybridized carbons (Fsp3) is 0.538. The Morgan fingerprint density at radius 1 is 1.63 bits per heavy atom. The van der Waals surface area contributed by atoms with E-state index in [9.17, 15) is 9.90 Å². The van der Waals surface area contributed by atoms with Crippen LogP contribution in [0.5, 0.6) is 0 Å². The number of hydrogen-bond acceptors (Lipinski definition) is 3. The van der Waals surface area contributed by atoms with Gasteiger partial charge in [0.05, 0.1) is 17.8 Å². The second-order valence-electron chi connectivity index (χ2n) is 4.81. The van der Waals surface area contributed by atoms with Crippen LogP contribution in [0.3, 0.4) is 0 Å². The van der Waals surface area contributed by atoms with E-state index in [0.29, 0.717) is 11.6 Å². The molecule has 0 saturated carbocycles. The van der Waals surface area contributed by atoms with Crippen LogP contribution in [0.1, 0.15) is 31.5 Å². The lowest BCUT2D eigenvalue weighted by Gasteiger charge is -2.26. The molecule has 0 aliphatic heterocycles. The van der Waals surface area contributed by atoms with E-state index in [1.807, 2.05) is 13.8 Å². The summed E-state index contributed by atoms with van der Waals surface area (Å²) in [4.78, 5) is 11.8. The molecular weight excluding hydrogens is 266 g/mol. The Kier molecular flexibility index (Phi) is 5.14. The van der Waals surface area contributed by atoms with Crippen LogP contribution in [0.4, 0.5) is 0 Å². The molecule has 0 spiro atoms. The van der Waals surface area contributed by atoms with Crippen LogP contribution >= 0.6 is 11.6 Å². The van der Waals surface area contributed by atoms with E-state index in [0.717, 1.165) is 11.3 Å². The standard InChI is InChI=1S/C13H20ClN3O2/c1-5-13(3,8-18)15-11(19)7-6-10-9(2)16-17(4)12(10)14/h6-7,18H,5,8H2,1-4H3,(H,15,19).